The van der Waals surface area contributed by atoms with Gasteiger partial charge in [0.05, 0.1) is 14.2 Å². The first-order valence-corrected chi connectivity index (χ1v) is 6.38. The molecule has 1 aromatic heterocycles. The lowest BCUT2D eigenvalue weighted by Crippen LogP contribution is -2.07. The summed E-state index contributed by atoms with van der Waals surface area (Å²) in [5.74, 6) is 0.158. The summed E-state index contributed by atoms with van der Waals surface area (Å²) in [6.45, 7) is 2.70. The number of rotatable bonds is 5. The first kappa shape index (κ1) is 14.0. The van der Waals surface area contributed by atoms with Crippen molar-refractivity contribution in [3.63, 3.8) is 0 Å². The Morgan fingerprint density at radius 1 is 1.30 bits per heavy atom. The van der Waals surface area contributed by atoms with E-state index >= 15 is 0 Å². The van der Waals surface area contributed by atoms with Crippen LogP contribution in [0.4, 0.5) is 0 Å². The Morgan fingerprint density at radius 3 is 2.70 bits per heavy atom. The summed E-state index contributed by atoms with van der Waals surface area (Å²) in [6, 6.07) is 7.45. The van der Waals surface area contributed by atoms with Gasteiger partial charge >= 0.3 is 5.97 Å². The molecule has 2 rings (SSSR count). The smallest absolute Gasteiger partial charge is 0.360 e. The molecule has 6 nitrogen and oxygen atoms in total. The zero-order valence-electron chi connectivity index (χ0n) is 11.8. The Labute approximate surface area is 117 Å². The number of benzene rings is 1. The fraction of sp³-hybridized carbons (Fsp3) is 0.357. The Morgan fingerprint density at radius 2 is 2.05 bits per heavy atom. The number of para-hydroxylation sites is 1. The SMILES string of the molecule is CCCn1nnc(C(=O)OC)c1-c1ccccc1OC. The fourth-order valence-corrected chi connectivity index (χ4v) is 2.02. The summed E-state index contributed by atoms with van der Waals surface area (Å²) in [5, 5.41) is 7.98. The van der Waals surface area contributed by atoms with E-state index in [0.29, 0.717) is 18.0 Å². The van der Waals surface area contributed by atoms with Crippen LogP contribution in [0.2, 0.25) is 0 Å². The molecule has 0 bridgehead atoms. The zero-order chi connectivity index (χ0) is 14.5. The summed E-state index contributed by atoms with van der Waals surface area (Å²) in [6.07, 6.45) is 0.881. The second-order valence-electron chi connectivity index (χ2n) is 4.20. The van der Waals surface area contributed by atoms with E-state index in [1.807, 2.05) is 31.2 Å². The van der Waals surface area contributed by atoms with Gasteiger partial charge in [0.2, 0.25) is 0 Å². The van der Waals surface area contributed by atoms with Crippen molar-refractivity contribution in [2.75, 3.05) is 14.2 Å². The third-order valence-electron chi connectivity index (χ3n) is 2.91. The Bertz CT molecular complexity index is 607. The van der Waals surface area contributed by atoms with Gasteiger partial charge in [0.15, 0.2) is 5.69 Å². The first-order valence-electron chi connectivity index (χ1n) is 6.38. The predicted octanol–water partition coefficient (Wildman–Crippen LogP) is 2.15. The van der Waals surface area contributed by atoms with Crippen molar-refractivity contribution in [3.05, 3.63) is 30.0 Å². The van der Waals surface area contributed by atoms with Crippen LogP contribution in [0.15, 0.2) is 24.3 Å². The number of carbonyl (C=O) groups is 1. The molecule has 1 heterocycles. The maximum atomic E-state index is 11.8. The molecule has 0 aliphatic heterocycles. The largest absolute Gasteiger partial charge is 0.496 e. The summed E-state index contributed by atoms with van der Waals surface area (Å²) < 4.78 is 11.8. The maximum absolute atomic E-state index is 11.8. The topological polar surface area (TPSA) is 66.2 Å². The third-order valence-corrected chi connectivity index (χ3v) is 2.91. The Balaban J connectivity index is 2.63. The van der Waals surface area contributed by atoms with E-state index in [1.54, 1.807) is 11.8 Å². The molecular formula is C14H17N3O3. The van der Waals surface area contributed by atoms with Gasteiger partial charge in [-0.05, 0) is 18.6 Å². The zero-order valence-corrected chi connectivity index (χ0v) is 11.8. The monoisotopic (exact) mass is 275 g/mol. The van der Waals surface area contributed by atoms with Crippen LogP contribution in [0.5, 0.6) is 5.75 Å². The van der Waals surface area contributed by atoms with Crippen LogP contribution in [0.3, 0.4) is 0 Å². The van der Waals surface area contributed by atoms with E-state index in [1.165, 1.54) is 7.11 Å². The molecule has 0 N–H and O–H groups in total. The number of aromatic nitrogens is 3. The number of hydrogen-bond acceptors (Lipinski definition) is 5. The molecule has 0 amide bonds. The molecule has 1 aromatic carbocycles. The van der Waals surface area contributed by atoms with Crippen LogP contribution in [0, 0.1) is 0 Å². The van der Waals surface area contributed by atoms with Gasteiger partial charge in [-0.1, -0.05) is 24.3 Å². The highest BCUT2D eigenvalue weighted by Crippen LogP contribution is 2.31. The van der Waals surface area contributed by atoms with E-state index in [2.05, 4.69) is 10.3 Å². The fourth-order valence-electron chi connectivity index (χ4n) is 2.02. The van der Waals surface area contributed by atoms with Crippen molar-refractivity contribution in [1.82, 2.24) is 15.0 Å². The van der Waals surface area contributed by atoms with Crippen molar-refractivity contribution in [3.8, 4) is 17.0 Å². The molecular weight excluding hydrogens is 258 g/mol. The lowest BCUT2D eigenvalue weighted by Gasteiger charge is -2.10. The van der Waals surface area contributed by atoms with Gasteiger partial charge in [0, 0.05) is 12.1 Å². The lowest BCUT2D eigenvalue weighted by molar-refractivity contribution is 0.0595. The van der Waals surface area contributed by atoms with E-state index < -0.39 is 5.97 Å². The maximum Gasteiger partial charge on any atom is 0.360 e. The van der Waals surface area contributed by atoms with E-state index in [9.17, 15) is 4.79 Å². The van der Waals surface area contributed by atoms with Gasteiger partial charge in [0.1, 0.15) is 11.4 Å². The number of carbonyl (C=O) groups excluding carboxylic acids is 1. The van der Waals surface area contributed by atoms with Crippen LogP contribution in [0.25, 0.3) is 11.3 Å². The average molecular weight is 275 g/mol. The molecule has 0 atom stereocenters. The van der Waals surface area contributed by atoms with Gasteiger partial charge in [0.25, 0.3) is 0 Å². The van der Waals surface area contributed by atoms with Crippen LogP contribution < -0.4 is 4.74 Å². The summed E-state index contributed by atoms with van der Waals surface area (Å²) in [7, 11) is 2.91. The van der Waals surface area contributed by atoms with Gasteiger partial charge < -0.3 is 9.47 Å². The second kappa shape index (κ2) is 6.18. The molecule has 0 aliphatic carbocycles. The molecule has 0 aliphatic rings. The predicted molar refractivity (Wildman–Crippen MR) is 73.6 cm³/mol. The summed E-state index contributed by atoms with van der Waals surface area (Å²) >= 11 is 0. The quantitative estimate of drug-likeness (QED) is 0.782. The van der Waals surface area contributed by atoms with Crippen LogP contribution >= 0.6 is 0 Å². The minimum atomic E-state index is -0.506. The van der Waals surface area contributed by atoms with Crippen LogP contribution in [0.1, 0.15) is 23.8 Å². The first-order chi connectivity index (χ1) is 9.72. The Kier molecular flexibility index (Phi) is 4.34. The van der Waals surface area contributed by atoms with Crippen molar-refractivity contribution in [1.29, 1.82) is 0 Å². The molecule has 0 saturated heterocycles. The molecule has 106 valence electrons. The normalized spacial score (nSPS) is 10.3. The van der Waals surface area contributed by atoms with Gasteiger partial charge in [-0.2, -0.15) is 0 Å². The van der Waals surface area contributed by atoms with E-state index in [-0.39, 0.29) is 5.69 Å². The molecule has 0 saturated carbocycles. The summed E-state index contributed by atoms with van der Waals surface area (Å²) in [5.41, 5.74) is 1.59. The molecule has 0 radical (unpaired) electrons. The van der Waals surface area contributed by atoms with Gasteiger partial charge in [-0.25, -0.2) is 9.48 Å². The molecule has 2 aromatic rings. The van der Waals surface area contributed by atoms with Crippen LogP contribution in [-0.4, -0.2) is 35.2 Å². The van der Waals surface area contributed by atoms with Gasteiger partial charge in [-0.15, -0.1) is 5.10 Å². The number of hydrogen-bond donors (Lipinski definition) is 0. The van der Waals surface area contributed by atoms with Crippen molar-refractivity contribution < 1.29 is 14.3 Å². The number of esters is 1. The number of methoxy groups -OCH3 is 2. The third kappa shape index (κ3) is 2.49. The molecule has 0 unspecified atom stereocenters. The number of ether oxygens (including phenoxy) is 2. The highest BCUT2D eigenvalue weighted by molar-refractivity contribution is 5.94. The molecule has 6 heteroatoms. The minimum Gasteiger partial charge on any atom is -0.496 e. The van der Waals surface area contributed by atoms with Crippen molar-refractivity contribution in [2.45, 2.75) is 19.9 Å². The highest BCUT2D eigenvalue weighted by atomic mass is 16.5. The Hall–Kier alpha value is -2.37. The standard InChI is InChI=1S/C14H17N3O3/c1-4-9-17-13(12(15-16-17)14(18)20-3)10-7-5-6-8-11(10)19-2/h5-8H,4,9H2,1-3H3. The molecule has 20 heavy (non-hydrogen) atoms. The molecule has 0 fully saturated rings. The number of nitrogens with zero attached hydrogens (tertiary/aromatic N) is 3. The second-order valence-corrected chi connectivity index (χ2v) is 4.20. The highest BCUT2D eigenvalue weighted by Gasteiger charge is 2.23. The average Bonchev–Trinajstić information content (AvgIpc) is 2.90. The van der Waals surface area contributed by atoms with E-state index in [4.69, 9.17) is 9.47 Å². The minimum absolute atomic E-state index is 0.199. The lowest BCUT2D eigenvalue weighted by atomic mass is 10.1. The van der Waals surface area contributed by atoms with Crippen molar-refractivity contribution >= 4 is 5.97 Å². The summed E-state index contributed by atoms with van der Waals surface area (Å²) in [4.78, 5) is 11.8. The number of aryl methyl sites for hydroxylation is 1. The van der Waals surface area contributed by atoms with E-state index in [0.717, 1.165) is 12.0 Å². The van der Waals surface area contributed by atoms with Crippen molar-refractivity contribution in [2.24, 2.45) is 0 Å². The van der Waals surface area contributed by atoms with Crippen LogP contribution in [-0.2, 0) is 11.3 Å². The van der Waals surface area contributed by atoms with Gasteiger partial charge in [-0.3, -0.25) is 0 Å². The molecule has 0 spiro atoms.